The number of hydrogen-bond donors (Lipinski definition) is 2. The number of thiophene rings is 1. The van der Waals surface area contributed by atoms with Gasteiger partial charge in [0.25, 0.3) is 0 Å². The standard InChI is InChI=1S/C15H15ClN2O3S/c1-21-11(12-7-8-13(16)22-12)9-17-14(19)15(20)18-10-5-3-2-4-6-10/h2-8,11H,9H2,1H3,(H,17,19)(H,18,20)/t11-/m0/s1. The van der Waals surface area contributed by atoms with Crippen LogP contribution in [0.3, 0.4) is 0 Å². The third kappa shape index (κ3) is 4.56. The van der Waals surface area contributed by atoms with Crippen LogP contribution >= 0.6 is 22.9 Å². The summed E-state index contributed by atoms with van der Waals surface area (Å²) < 4.78 is 5.95. The normalized spacial score (nSPS) is 11.7. The first-order valence-electron chi connectivity index (χ1n) is 6.52. The van der Waals surface area contributed by atoms with Gasteiger partial charge in [-0.2, -0.15) is 0 Å². The fourth-order valence-corrected chi connectivity index (χ4v) is 2.92. The molecule has 2 rings (SSSR count). The number of nitrogens with one attached hydrogen (secondary N) is 2. The Labute approximate surface area is 137 Å². The Hall–Kier alpha value is -1.89. The fourth-order valence-electron chi connectivity index (χ4n) is 1.78. The number of hydrogen-bond acceptors (Lipinski definition) is 4. The Bertz CT molecular complexity index is 645. The van der Waals surface area contributed by atoms with E-state index in [2.05, 4.69) is 10.6 Å². The van der Waals surface area contributed by atoms with Gasteiger partial charge in [-0.05, 0) is 24.3 Å². The zero-order valence-electron chi connectivity index (χ0n) is 11.8. The van der Waals surface area contributed by atoms with E-state index in [9.17, 15) is 9.59 Å². The topological polar surface area (TPSA) is 67.4 Å². The van der Waals surface area contributed by atoms with Gasteiger partial charge in [-0.1, -0.05) is 29.8 Å². The molecule has 2 amide bonds. The quantitative estimate of drug-likeness (QED) is 0.824. The SMILES string of the molecule is CO[C@@H](CNC(=O)C(=O)Nc1ccccc1)c1ccc(Cl)s1. The minimum atomic E-state index is -0.717. The predicted octanol–water partition coefficient (Wildman–Crippen LogP) is 2.84. The van der Waals surface area contributed by atoms with Gasteiger partial charge in [-0.3, -0.25) is 9.59 Å². The van der Waals surface area contributed by atoms with Crippen LogP contribution in [0.1, 0.15) is 11.0 Å². The summed E-state index contributed by atoms with van der Waals surface area (Å²) >= 11 is 7.25. The molecular weight excluding hydrogens is 324 g/mol. The van der Waals surface area contributed by atoms with E-state index in [0.717, 1.165) is 4.88 Å². The number of rotatable bonds is 5. The van der Waals surface area contributed by atoms with Crippen molar-refractivity contribution in [3.8, 4) is 0 Å². The molecular formula is C15H15ClN2O3S. The number of anilines is 1. The molecule has 116 valence electrons. The van der Waals surface area contributed by atoms with Crippen LogP contribution in [-0.2, 0) is 14.3 Å². The Morgan fingerprint density at radius 1 is 1.18 bits per heavy atom. The van der Waals surface area contributed by atoms with Crippen LogP contribution in [-0.4, -0.2) is 25.5 Å². The van der Waals surface area contributed by atoms with Gasteiger partial charge >= 0.3 is 11.8 Å². The van der Waals surface area contributed by atoms with E-state index in [1.807, 2.05) is 12.1 Å². The number of ether oxygens (including phenoxy) is 1. The minimum Gasteiger partial charge on any atom is -0.374 e. The number of carbonyl (C=O) groups is 2. The highest BCUT2D eigenvalue weighted by molar-refractivity contribution is 7.16. The number of amides is 2. The van der Waals surface area contributed by atoms with Crippen LogP contribution in [0.15, 0.2) is 42.5 Å². The van der Waals surface area contributed by atoms with Gasteiger partial charge in [-0.25, -0.2) is 0 Å². The van der Waals surface area contributed by atoms with Crippen LogP contribution in [0, 0.1) is 0 Å². The summed E-state index contributed by atoms with van der Waals surface area (Å²) in [6, 6.07) is 12.4. The molecule has 0 aliphatic heterocycles. The molecule has 0 saturated heterocycles. The highest BCUT2D eigenvalue weighted by Crippen LogP contribution is 2.28. The van der Waals surface area contributed by atoms with E-state index in [4.69, 9.17) is 16.3 Å². The van der Waals surface area contributed by atoms with Crippen molar-refractivity contribution in [2.45, 2.75) is 6.10 Å². The molecule has 0 aliphatic rings. The minimum absolute atomic E-state index is 0.189. The lowest BCUT2D eigenvalue weighted by Crippen LogP contribution is -2.37. The van der Waals surface area contributed by atoms with Gasteiger partial charge in [0.05, 0.1) is 4.34 Å². The van der Waals surface area contributed by atoms with Crippen molar-refractivity contribution in [3.05, 3.63) is 51.7 Å². The number of para-hydroxylation sites is 1. The molecule has 1 heterocycles. The molecule has 1 atom stereocenters. The summed E-state index contributed by atoms with van der Waals surface area (Å²) in [5, 5.41) is 5.07. The van der Waals surface area contributed by atoms with Crippen molar-refractivity contribution in [1.29, 1.82) is 0 Å². The maximum absolute atomic E-state index is 11.8. The molecule has 0 saturated carbocycles. The van der Waals surface area contributed by atoms with E-state index in [-0.39, 0.29) is 12.6 Å². The third-order valence-corrected chi connectivity index (χ3v) is 4.20. The van der Waals surface area contributed by atoms with Gasteiger partial charge in [0.2, 0.25) is 0 Å². The van der Waals surface area contributed by atoms with E-state index in [1.54, 1.807) is 30.3 Å². The smallest absolute Gasteiger partial charge is 0.313 e. The first-order chi connectivity index (χ1) is 10.6. The average Bonchev–Trinajstić information content (AvgIpc) is 2.95. The Balaban J connectivity index is 1.87. The number of carbonyl (C=O) groups excluding carboxylic acids is 2. The summed E-state index contributed by atoms with van der Waals surface area (Å²) in [6.45, 7) is 0.189. The summed E-state index contributed by atoms with van der Waals surface area (Å²) in [7, 11) is 1.54. The molecule has 1 aromatic heterocycles. The summed E-state index contributed by atoms with van der Waals surface area (Å²) in [4.78, 5) is 24.5. The lowest BCUT2D eigenvalue weighted by Gasteiger charge is -2.14. The van der Waals surface area contributed by atoms with E-state index in [1.165, 1.54) is 18.4 Å². The largest absolute Gasteiger partial charge is 0.374 e. The second-order valence-corrected chi connectivity index (χ2v) is 6.14. The van der Waals surface area contributed by atoms with Crippen molar-refractivity contribution in [2.24, 2.45) is 0 Å². The number of methoxy groups -OCH3 is 1. The highest BCUT2D eigenvalue weighted by Gasteiger charge is 2.18. The molecule has 1 aromatic carbocycles. The van der Waals surface area contributed by atoms with E-state index >= 15 is 0 Å². The predicted molar refractivity (Wildman–Crippen MR) is 87.2 cm³/mol. The first kappa shape index (κ1) is 16.5. The van der Waals surface area contributed by atoms with Crippen molar-refractivity contribution in [1.82, 2.24) is 5.32 Å². The van der Waals surface area contributed by atoms with Crippen molar-refractivity contribution < 1.29 is 14.3 Å². The number of benzene rings is 1. The molecule has 22 heavy (non-hydrogen) atoms. The van der Waals surface area contributed by atoms with Gasteiger partial charge < -0.3 is 15.4 Å². The summed E-state index contributed by atoms with van der Waals surface area (Å²) in [6.07, 6.45) is -0.342. The molecule has 2 aromatic rings. The van der Waals surface area contributed by atoms with Crippen LogP contribution in [0.5, 0.6) is 0 Å². The van der Waals surface area contributed by atoms with Crippen LogP contribution in [0.4, 0.5) is 5.69 Å². The van der Waals surface area contributed by atoms with Crippen LogP contribution in [0.2, 0.25) is 4.34 Å². The molecule has 0 fully saturated rings. The van der Waals surface area contributed by atoms with E-state index < -0.39 is 11.8 Å². The molecule has 0 aliphatic carbocycles. The molecule has 0 unspecified atom stereocenters. The second kappa shape index (κ2) is 7.93. The van der Waals surface area contributed by atoms with Crippen molar-refractivity contribution in [3.63, 3.8) is 0 Å². The number of halogens is 1. The van der Waals surface area contributed by atoms with Crippen LogP contribution < -0.4 is 10.6 Å². The maximum Gasteiger partial charge on any atom is 0.313 e. The zero-order chi connectivity index (χ0) is 15.9. The summed E-state index contributed by atoms with van der Waals surface area (Å²) in [5.41, 5.74) is 0.566. The lowest BCUT2D eigenvalue weighted by molar-refractivity contribution is -0.136. The molecule has 5 nitrogen and oxygen atoms in total. The molecule has 7 heteroatoms. The molecule has 0 radical (unpaired) electrons. The van der Waals surface area contributed by atoms with Crippen molar-refractivity contribution in [2.75, 3.05) is 19.0 Å². The fraction of sp³-hybridized carbons (Fsp3) is 0.200. The van der Waals surface area contributed by atoms with Gasteiger partial charge in [-0.15, -0.1) is 11.3 Å². The second-order valence-electron chi connectivity index (χ2n) is 4.40. The Kier molecular flexibility index (Phi) is 5.94. The lowest BCUT2D eigenvalue weighted by atomic mass is 10.3. The molecule has 0 spiro atoms. The van der Waals surface area contributed by atoms with Gasteiger partial charge in [0, 0.05) is 24.2 Å². The van der Waals surface area contributed by atoms with Gasteiger partial charge in [0.1, 0.15) is 6.10 Å². The van der Waals surface area contributed by atoms with E-state index in [0.29, 0.717) is 10.0 Å². The first-order valence-corrected chi connectivity index (χ1v) is 7.72. The van der Waals surface area contributed by atoms with Crippen molar-refractivity contribution >= 4 is 40.4 Å². The van der Waals surface area contributed by atoms with Crippen LogP contribution in [0.25, 0.3) is 0 Å². The van der Waals surface area contributed by atoms with Gasteiger partial charge in [0.15, 0.2) is 0 Å². The summed E-state index contributed by atoms with van der Waals surface area (Å²) in [5.74, 6) is -1.43. The maximum atomic E-state index is 11.8. The monoisotopic (exact) mass is 338 g/mol. The molecule has 0 bridgehead atoms. The third-order valence-electron chi connectivity index (χ3n) is 2.88. The zero-order valence-corrected chi connectivity index (χ0v) is 13.4. The Morgan fingerprint density at radius 3 is 2.50 bits per heavy atom. The molecule has 2 N–H and O–H groups in total. The highest BCUT2D eigenvalue weighted by atomic mass is 35.5. The average molecular weight is 339 g/mol. The Morgan fingerprint density at radius 2 is 1.91 bits per heavy atom.